The largest absolute Gasteiger partial charge is 0.468 e. The van der Waals surface area contributed by atoms with E-state index in [-0.39, 0.29) is 24.5 Å². The molecular weight excluding hydrogens is 272 g/mol. The molecule has 1 aliphatic rings. The molecule has 2 N–H and O–H groups in total. The summed E-state index contributed by atoms with van der Waals surface area (Å²) in [5, 5.41) is 5.79. The number of alkyl carbamates (subject to hydrolysis) is 1. The zero-order valence-electron chi connectivity index (χ0n) is 12.0. The molecule has 1 fully saturated rings. The molecule has 0 radical (unpaired) electrons. The lowest BCUT2D eigenvalue weighted by atomic mass is 10.1. The van der Waals surface area contributed by atoms with Crippen molar-refractivity contribution in [3.05, 3.63) is 35.9 Å². The first-order valence-corrected chi connectivity index (χ1v) is 6.95. The molecule has 0 spiro atoms. The molecule has 1 amide bonds. The zero-order chi connectivity index (χ0) is 15.1. The molecule has 1 aromatic carbocycles. The highest BCUT2D eigenvalue weighted by Crippen LogP contribution is 2.14. The number of nitrogens with one attached hydrogen (secondary N) is 2. The van der Waals surface area contributed by atoms with Gasteiger partial charge in [-0.25, -0.2) is 4.79 Å². The van der Waals surface area contributed by atoms with E-state index < -0.39 is 6.09 Å². The summed E-state index contributed by atoms with van der Waals surface area (Å²) in [6, 6.07) is 9.22. The zero-order valence-corrected chi connectivity index (χ0v) is 12.0. The summed E-state index contributed by atoms with van der Waals surface area (Å²) >= 11 is 0. The van der Waals surface area contributed by atoms with E-state index in [0.29, 0.717) is 19.5 Å². The number of rotatable bonds is 5. The van der Waals surface area contributed by atoms with Gasteiger partial charge in [0.05, 0.1) is 7.11 Å². The van der Waals surface area contributed by atoms with Crippen LogP contribution in [0.5, 0.6) is 0 Å². The molecular formula is C15H20N2O4. The van der Waals surface area contributed by atoms with Crippen LogP contribution in [0, 0.1) is 5.92 Å². The van der Waals surface area contributed by atoms with Crippen molar-refractivity contribution >= 4 is 12.1 Å². The first kappa shape index (κ1) is 15.3. The number of carbonyl (C=O) groups is 2. The lowest BCUT2D eigenvalue weighted by molar-refractivity contribution is -0.142. The monoisotopic (exact) mass is 292 g/mol. The molecule has 0 bridgehead atoms. The van der Waals surface area contributed by atoms with Gasteiger partial charge in [0, 0.05) is 13.1 Å². The summed E-state index contributed by atoms with van der Waals surface area (Å²) < 4.78 is 9.80. The lowest BCUT2D eigenvalue weighted by Gasteiger charge is -2.11. The summed E-state index contributed by atoms with van der Waals surface area (Å²) in [6.07, 6.45) is 0.214. The quantitative estimate of drug-likeness (QED) is 0.794. The van der Waals surface area contributed by atoms with Crippen LogP contribution in [0.3, 0.4) is 0 Å². The van der Waals surface area contributed by atoms with Gasteiger partial charge in [-0.3, -0.25) is 4.79 Å². The van der Waals surface area contributed by atoms with E-state index in [0.717, 1.165) is 5.56 Å². The van der Waals surface area contributed by atoms with E-state index >= 15 is 0 Å². The van der Waals surface area contributed by atoms with E-state index in [1.54, 1.807) is 0 Å². The van der Waals surface area contributed by atoms with Crippen molar-refractivity contribution in [1.82, 2.24) is 10.6 Å². The fourth-order valence-electron chi connectivity index (χ4n) is 2.29. The van der Waals surface area contributed by atoms with Crippen LogP contribution in [0.15, 0.2) is 30.3 Å². The van der Waals surface area contributed by atoms with Gasteiger partial charge in [-0.05, 0) is 17.9 Å². The third-order valence-corrected chi connectivity index (χ3v) is 3.46. The molecule has 1 heterocycles. The molecule has 0 saturated carbocycles. The Morgan fingerprint density at radius 3 is 2.81 bits per heavy atom. The number of methoxy groups -OCH3 is 1. The highest BCUT2D eigenvalue weighted by molar-refractivity contribution is 5.76. The standard InChI is InChI=1S/C15H20N2O4/c1-20-14(18)13-7-12(8-16-13)9-17-15(19)21-10-11-5-3-2-4-6-11/h2-6,12-13,16H,7-10H2,1H3,(H,17,19)/t12-,13+/m1/s1. The molecule has 1 aromatic rings. The normalized spacial score (nSPS) is 20.8. The van der Waals surface area contributed by atoms with Gasteiger partial charge >= 0.3 is 12.1 Å². The molecule has 114 valence electrons. The minimum Gasteiger partial charge on any atom is -0.468 e. The van der Waals surface area contributed by atoms with Crippen LogP contribution in [-0.2, 0) is 20.9 Å². The first-order valence-electron chi connectivity index (χ1n) is 6.95. The van der Waals surface area contributed by atoms with E-state index in [2.05, 4.69) is 15.4 Å². The van der Waals surface area contributed by atoms with E-state index in [1.807, 2.05) is 30.3 Å². The molecule has 1 aliphatic heterocycles. The third-order valence-electron chi connectivity index (χ3n) is 3.46. The maximum Gasteiger partial charge on any atom is 0.407 e. The maximum atomic E-state index is 11.6. The van der Waals surface area contributed by atoms with Crippen LogP contribution in [-0.4, -0.2) is 38.3 Å². The van der Waals surface area contributed by atoms with Crippen molar-refractivity contribution in [2.45, 2.75) is 19.1 Å². The SMILES string of the molecule is COC(=O)[C@@H]1C[C@@H](CNC(=O)OCc2ccccc2)CN1. The number of amides is 1. The Labute approximate surface area is 123 Å². The van der Waals surface area contributed by atoms with Crippen LogP contribution in [0.25, 0.3) is 0 Å². The number of benzene rings is 1. The summed E-state index contributed by atoms with van der Waals surface area (Å²) in [5.41, 5.74) is 0.945. The second-order valence-corrected chi connectivity index (χ2v) is 5.03. The van der Waals surface area contributed by atoms with Crippen molar-refractivity contribution < 1.29 is 19.1 Å². The van der Waals surface area contributed by atoms with Crippen molar-refractivity contribution in [1.29, 1.82) is 0 Å². The number of esters is 1. The van der Waals surface area contributed by atoms with Gasteiger partial charge in [0.2, 0.25) is 0 Å². The molecule has 0 aromatic heterocycles. The predicted octanol–water partition coefficient (Wildman–Crippen LogP) is 1.06. The van der Waals surface area contributed by atoms with Crippen molar-refractivity contribution in [2.75, 3.05) is 20.2 Å². The Bertz CT molecular complexity index is 478. The highest BCUT2D eigenvalue weighted by atomic mass is 16.5. The van der Waals surface area contributed by atoms with E-state index in [1.165, 1.54) is 7.11 Å². The van der Waals surface area contributed by atoms with Gasteiger partial charge in [0.25, 0.3) is 0 Å². The summed E-state index contributed by atoms with van der Waals surface area (Å²) in [5.74, 6) is -0.0532. The number of hydrogen-bond acceptors (Lipinski definition) is 5. The molecule has 0 unspecified atom stereocenters. The third kappa shape index (κ3) is 4.75. The first-order chi connectivity index (χ1) is 10.2. The molecule has 2 atom stereocenters. The fraction of sp³-hybridized carbons (Fsp3) is 0.467. The molecule has 6 nitrogen and oxygen atoms in total. The van der Waals surface area contributed by atoms with Crippen LogP contribution in [0.2, 0.25) is 0 Å². The molecule has 6 heteroatoms. The second-order valence-electron chi connectivity index (χ2n) is 5.03. The molecule has 1 saturated heterocycles. The molecule has 21 heavy (non-hydrogen) atoms. The predicted molar refractivity (Wildman–Crippen MR) is 76.5 cm³/mol. The number of carbonyl (C=O) groups excluding carboxylic acids is 2. The van der Waals surface area contributed by atoms with Gasteiger partial charge in [0.15, 0.2) is 0 Å². The van der Waals surface area contributed by atoms with Crippen molar-refractivity contribution in [3.63, 3.8) is 0 Å². The average Bonchev–Trinajstić information content (AvgIpc) is 3.00. The maximum absolute atomic E-state index is 11.6. The number of hydrogen-bond donors (Lipinski definition) is 2. The molecule has 0 aliphatic carbocycles. The Morgan fingerprint density at radius 2 is 2.10 bits per heavy atom. The molecule has 2 rings (SSSR count). The Hall–Kier alpha value is -2.08. The van der Waals surface area contributed by atoms with Crippen molar-refractivity contribution in [2.24, 2.45) is 5.92 Å². The van der Waals surface area contributed by atoms with Crippen LogP contribution in [0.1, 0.15) is 12.0 Å². The van der Waals surface area contributed by atoms with Gasteiger partial charge < -0.3 is 20.1 Å². The number of ether oxygens (including phenoxy) is 2. The lowest BCUT2D eigenvalue weighted by Crippen LogP contribution is -2.31. The minimum absolute atomic E-state index is 0.207. The van der Waals surface area contributed by atoms with Crippen LogP contribution in [0.4, 0.5) is 4.79 Å². The van der Waals surface area contributed by atoms with Gasteiger partial charge in [-0.15, -0.1) is 0 Å². The average molecular weight is 292 g/mol. The van der Waals surface area contributed by atoms with Crippen LogP contribution >= 0.6 is 0 Å². The minimum atomic E-state index is -0.444. The van der Waals surface area contributed by atoms with Crippen LogP contribution < -0.4 is 10.6 Å². The van der Waals surface area contributed by atoms with Gasteiger partial charge in [0.1, 0.15) is 12.6 Å². The summed E-state index contributed by atoms with van der Waals surface area (Å²) in [6.45, 7) is 1.41. The Kier molecular flexibility index (Phi) is 5.57. The smallest absolute Gasteiger partial charge is 0.407 e. The van der Waals surface area contributed by atoms with E-state index in [4.69, 9.17) is 4.74 Å². The Balaban J connectivity index is 1.65. The van der Waals surface area contributed by atoms with E-state index in [9.17, 15) is 9.59 Å². The van der Waals surface area contributed by atoms with Crippen molar-refractivity contribution in [3.8, 4) is 0 Å². The van der Waals surface area contributed by atoms with Gasteiger partial charge in [-0.1, -0.05) is 30.3 Å². The Morgan fingerprint density at radius 1 is 1.33 bits per heavy atom. The van der Waals surface area contributed by atoms with Gasteiger partial charge in [-0.2, -0.15) is 0 Å². The summed E-state index contributed by atoms with van der Waals surface area (Å²) in [7, 11) is 1.37. The summed E-state index contributed by atoms with van der Waals surface area (Å²) in [4.78, 5) is 23.0. The fourth-order valence-corrected chi connectivity index (χ4v) is 2.29. The highest BCUT2D eigenvalue weighted by Gasteiger charge is 2.30. The topological polar surface area (TPSA) is 76.7 Å². The second kappa shape index (κ2) is 7.64.